The highest BCUT2D eigenvalue weighted by molar-refractivity contribution is 6.31. The van der Waals surface area contributed by atoms with E-state index in [1.807, 2.05) is 18.2 Å². The molecule has 3 N–H and O–H groups in total. The molecule has 2 aliphatic rings. The third kappa shape index (κ3) is 4.53. The molecule has 2 aromatic heterocycles. The topological polar surface area (TPSA) is 117 Å². The number of aromatic nitrogens is 4. The number of benzene rings is 1. The Labute approximate surface area is 203 Å². The van der Waals surface area contributed by atoms with Crippen LogP contribution in [0.5, 0.6) is 0 Å². The van der Waals surface area contributed by atoms with Crippen molar-refractivity contribution in [3.8, 4) is 6.07 Å². The van der Waals surface area contributed by atoms with Crippen LogP contribution in [0.4, 0.5) is 17.6 Å². The van der Waals surface area contributed by atoms with E-state index in [4.69, 9.17) is 26.8 Å². The zero-order valence-corrected chi connectivity index (χ0v) is 20.0. The third-order valence-electron chi connectivity index (χ3n) is 7.14. The molecule has 0 aliphatic carbocycles. The van der Waals surface area contributed by atoms with Gasteiger partial charge in [0.1, 0.15) is 5.82 Å². The van der Waals surface area contributed by atoms with Crippen LogP contribution in [0.3, 0.4) is 0 Å². The molecule has 34 heavy (non-hydrogen) atoms. The summed E-state index contributed by atoms with van der Waals surface area (Å²) in [6, 6.07) is 11.0. The van der Waals surface area contributed by atoms with Gasteiger partial charge in [0.05, 0.1) is 23.9 Å². The van der Waals surface area contributed by atoms with E-state index in [1.54, 1.807) is 6.07 Å². The number of nitriles is 1. The number of aliphatic hydroxyl groups is 1. The summed E-state index contributed by atoms with van der Waals surface area (Å²) in [5.41, 5.74) is 1.38. The predicted octanol–water partition coefficient (Wildman–Crippen LogP) is 3.98. The standard InChI is InChI=1S/C24H29ClN8O/c1-32(19-12-17-4-2-5-18(13-19)33(17)9-3-8-26)24-27-21-10-15(25)6-7-20(21)23(29-24)28-22-11-16(14-34)30-31-22/h6-7,10-11,17-19,34H,2-5,9,12-14H2,1H3,(H2,27,28,29,30,31)/t17-,18+,19?. The summed E-state index contributed by atoms with van der Waals surface area (Å²) in [5, 5.41) is 30.2. The van der Waals surface area contributed by atoms with Crippen LogP contribution in [-0.2, 0) is 6.61 Å². The molecule has 5 rings (SSSR count). The number of aliphatic hydroxyl groups excluding tert-OH is 1. The van der Waals surface area contributed by atoms with E-state index >= 15 is 0 Å². The molecule has 2 aliphatic heterocycles. The molecule has 3 atom stereocenters. The first-order chi connectivity index (χ1) is 16.6. The normalized spacial score (nSPS) is 22.5. The fourth-order valence-electron chi connectivity index (χ4n) is 5.44. The van der Waals surface area contributed by atoms with Crippen molar-refractivity contribution in [1.82, 2.24) is 25.1 Å². The maximum atomic E-state index is 9.35. The van der Waals surface area contributed by atoms with Gasteiger partial charge in [-0.15, -0.1) is 0 Å². The molecular formula is C24H29ClN8O. The zero-order valence-electron chi connectivity index (χ0n) is 19.2. The van der Waals surface area contributed by atoms with E-state index in [-0.39, 0.29) is 6.61 Å². The predicted molar refractivity (Wildman–Crippen MR) is 132 cm³/mol. The SMILES string of the molecule is CN(c1nc(Nc2cc(CO)[nH]n2)c2ccc(Cl)cc2n1)C1C[C@H]2CCC[C@@H](C1)N2CCC#N. The van der Waals surface area contributed by atoms with E-state index in [9.17, 15) is 5.11 Å². The Balaban J connectivity index is 1.44. The summed E-state index contributed by atoms with van der Waals surface area (Å²) in [4.78, 5) is 14.5. The molecule has 2 fully saturated rings. The Kier molecular flexibility index (Phi) is 6.55. The zero-order chi connectivity index (χ0) is 23.7. The number of anilines is 3. The number of nitrogens with zero attached hydrogens (tertiary/aromatic N) is 6. The highest BCUT2D eigenvalue weighted by Crippen LogP contribution is 2.37. The molecule has 1 aromatic carbocycles. The minimum Gasteiger partial charge on any atom is -0.390 e. The van der Waals surface area contributed by atoms with Crippen molar-refractivity contribution in [3.63, 3.8) is 0 Å². The summed E-state index contributed by atoms with van der Waals surface area (Å²) in [5.74, 6) is 1.86. The second-order valence-corrected chi connectivity index (χ2v) is 9.65. The first-order valence-corrected chi connectivity index (χ1v) is 12.2. The molecular weight excluding hydrogens is 452 g/mol. The number of nitrogens with one attached hydrogen (secondary N) is 2. The molecule has 1 unspecified atom stereocenters. The maximum Gasteiger partial charge on any atom is 0.227 e. The summed E-state index contributed by atoms with van der Waals surface area (Å²) in [7, 11) is 2.07. The van der Waals surface area contributed by atoms with Crippen molar-refractivity contribution in [3.05, 3.63) is 35.0 Å². The number of aromatic amines is 1. The lowest BCUT2D eigenvalue weighted by Gasteiger charge is -2.50. The van der Waals surface area contributed by atoms with E-state index in [1.165, 1.54) is 19.3 Å². The van der Waals surface area contributed by atoms with E-state index in [0.29, 0.717) is 52.8 Å². The number of hydrogen-bond acceptors (Lipinski definition) is 8. The van der Waals surface area contributed by atoms with Gasteiger partial charge in [0, 0.05) is 54.6 Å². The van der Waals surface area contributed by atoms with Gasteiger partial charge in [0.15, 0.2) is 5.82 Å². The van der Waals surface area contributed by atoms with Gasteiger partial charge in [0.2, 0.25) is 5.95 Å². The van der Waals surface area contributed by atoms with Gasteiger partial charge in [-0.2, -0.15) is 15.3 Å². The van der Waals surface area contributed by atoms with Crippen molar-refractivity contribution in [2.45, 2.75) is 63.3 Å². The first kappa shape index (κ1) is 22.8. The molecule has 0 amide bonds. The average molecular weight is 481 g/mol. The number of rotatable bonds is 7. The number of hydrogen-bond donors (Lipinski definition) is 3. The second-order valence-electron chi connectivity index (χ2n) is 9.22. The highest BCUT2D eigenvalue weighted by Gasteiger charge is 2.39. The largest absolute Gasteiger partial charge is 0.390 e. The van der Waals surface area contributed by atoms with Gasteiger partial charge in [0.25, 0.3) is 0 Å². The molecule has 0 saturated carbocycles. The number of fused-ring (bicyclic) bond motifs is 3. The monoisotopic (exact) mass is 480 g/mol. The molecule has 3 aromatic rings. The fraction of sp³-hybridized carbons (Fsp3) is 0.500. The van der Waals surface area contributed by atoms with E-state index in [0.717, 1.165) is 30.3 Å². The summed E-state index contributed by atoms with van der Waals surface area (Å²) in [6.07, 6.45) is 6.28. The van der Waals surface area contributed by atoms with Crippen molar-refractivity contribution < 1.29 is 5.11 Å². The summed E-state index contributed by atoms with van der Waals surface area (Å²) >= 11 is 6.29. The lowest BCUT2D eigenvalue weighted by atomic mass is 9.81. The minimum absolute atomic E-state index is 0.113. The lowest BCUT2D eigenvalue weighted by molar-refractivity contribution is 0.0326. The fourth-order valence-corrected chi connectivity index (χ4v) is 5.61. The smallest absolute Gasteiger partial charge is 0.227 e. The molecule has 0 spiro atoms. The Morgan fingerprint density at radius 3 is 2.76 bits per heavy atom. The average Bonchev–Trinajstić information content (AvgIpc) is 3.29. The van der Waals surface area contributed by atoms with Gasteiger partial charge >= 0.3 is 0 Å². The summed E-state index contributed by atoms with van der Waals surface area (Å²) in [6.45, 7) is 0.749. The van der Waals surface area contributed by atoms with Crippen LogP contribution in [0.25, 0.3) is 10.9 Å². The van der Waals surface area contributed by atoms with Crippen molar-refractivity contribution in [1.29, 1.82) is 5.26 Å². The van der Waals surface area contributed by atoms with E-state index in [2.05, 4.69) is 38.4 Å². The second kappa shape index (κ2) is 9.74. The Morgan fingerprint density at radius 1 is 1.26 bits per heavy atom. The van der Waals surface area contributed by atoms with Gasteiger partial charge in [-0.05, 0) is 43.9 Å². The molecule has 2 saturated heterocycles. The van der Waals surface area contributed by atoms with Crippen molar-refractivity contribution >= 4 is 40.1 Å². The highest BCUT2D eigenvalue weighted by atomic mass is 35.5. The molecule has 2 bridgehead atoms. The molecule has 10 heteroatoms. The number of H-pyrrole nitrogens is 1. The van der Waals surface area contributed by atoms with Crippen LogP contribution >= 0.6 is 11.6 Å². The Bertz CT molecular complexity index is 1190. The molecule has 0 radical (unpaired) electrons. The van der Waals surface area contributed by atoms with E-state index < -0.39 is 0 Å². The maximum absolute atomic E-state index is 9.35. The Morgan fingerprint density at radius 2 is 2.06 bits per heavy atom. The van der Waals surface area contributed by atoms with Crippen LogP contribution in [0.1, 0.15) is 44.2 Å². The van der Waals surface area contributed by atoms with Crippen molar-refractivity contribution in [2.24, 2.45) is 0 Å². The molecule has 178 valence electrons. The van der Waals surface area contributed by atoms with Gasteiger partial charge < -0.3 is 15.3 Å². The Hall–Kier alpha value is -2.93. The van der Waals surface area contributed by atoms with Gasteiger partial charge in [-0.25, -0.2) is 4.98 Å². The van der Waals surface area contributed by atoms with Crippen LogP contribution < -0.4 is 10.2 Å². The van der Waals surface area contributed by atoms with Crippen LogP contribution in [-0.4, -0.2) is 61.9 Å². The van der Waals surface area contributed by atoms with Crippen LogP contribution in [0, 0.1) is 11.3 Å². The van der Waals surface area contributed by atoms with Gasteiger partial charge in [-0.3, -0.25) is 10.00 Å². The van der Waals surface area contributed by atoms with Gasteiger partial charge in [-0.1, -0.05) is 18.0 Å². The van der Waals surface area contributed by atoms with Crippen molar-refractivity contribution in [2.75, 3.05) is 23.8 Å². The molecule has 9 nitrogen and oxygen atoms in total. The first-order valence-electron chi connectivity index (χ1n) is 11.8. The quantitative estimate of drug-likeness (QED) is 0.465. The lowest BCUT2D eigenvalue weighted by Crippen LogP contribution is -2.56. The number of halogens is 1. The van der Waals surface area contributed by atoms with Crippen LogP contribution in [0.15, 0.2) is 24.3 Å². The third-order valence-corrected chi connectivity index (χ3v) is 7.38. The number of piperidine rings is 2. The molecule has 4 heterocycles. The minimum atomic E-state index is -0.113. The van der Waals surface area contributed by atoms with Crippen LogP contribution in [0.2, 0.25) is 5.02 Å². The summed E-state index contributed by atoms with van der Waals surface area (Å²) < 4.78 is 0.